The number of carbonyl (C=O) groups is 1. The summed E-state index contributed by atoms with van der Waals surface area (Å²) in [6, 6.07) is -0.703. The molecule has 0 aromatic rings. The number of hydrogen-bond acceptors (Lipinski definition) is 5. The zero-order valence-corrected chi connectivity index (χ0v) is 13.9. The SMILES string of the molecule is CCS(=O)(=O)NC(CCSC)C(=O)NCCCCCO. The minimum atomic E-state index is -3.39. The Morgan fingerprint density at radius 3 is 2.55 bits per heavy atom. The van der Waals surface area contributed by atoms with Crippen LogP contribution >= 0.6 is 11.8 Å². The summed E-state index contributed by atoms with van der Waals surface area (Å²) in [5.41, 5.74) is 0. The van der Waals surface area contributed by atoms with Gasteiger partial charge in [-0.1, -0.05) is 0 Å². The maximum absolute atomic E-state index is 12.0. The van der Waals surface area contributed by atoms with Gasteiger partial charge in [0, 0.05) is 13.2 Å². The zero-order chi connectivity index (χ0) is 15.4. The third-order valence-electron chi connectivity index (χ3n) is 2.76. The van der Waals surface area contributed by atoms with Gasteiger partial charge in [-0.05, 0) is 44.6 Å². The van der Waals surface area contributed by atoms with Crippen LogP contribution in [0.1, 0.15) is 32.6 Å². The van der Waals surface area contributed by atoms with Gasteiger partial charge in [0.25, 0.3) is 0 Å². The fraction of sp³-hybridized carbons (Fsp3) is 0.917. The van der Waals surface area contributed by atoms with Crippen molar-refractivity contribution in [2.75, 3.05) is 30.9 Å². The fourth-order valence-electron chi connectivity index (χ4n) is 1.53. The van der Waals surface area contributed by atoms with Crippen molar-refractivity contribution < 1.29 is 18.3 Å². The molecule has 0 heterocycles. The van der Waals surface area contributed by atoms with E-state index >= 15 is 0 Å². The molecule has 1 amide bonds. The molecule has 0 aliphatic heterocycles. The number of aliphatic hydroxyl groups excluding tert-OH is 1. The number of amides is 1. The first-order valence-electron chi connectivity index (χ1n) is 6.84. The van der Waals surface area contributed by atoms with Crippen LogP contribution in [0.4, 0.5) is 0 Å². The molecule has 0 saturated heterocycles. The van der Waals surface area contributed by atoms with Crippen molar-refractivity contribution in [1.82, 2.24) is 10.0 Å². The molecule has 0 rings (SSSR count). The second-order valence-corrected chi connectivity index (χ2v) is 7.46. The largest absolute Gasteiger partial charge is 0.396 e. The number of hydrogen-bond donors (Lipinski definition) is 3. The molecule has 0 radical (unpaired) electrons. The number of thioether (sulfide) groups is 1. The monoisotopic (exact) mass is 326 g/mol. The second kappa shape index (κ2) is 11.4. The molecular formula is C12H26N2O4S2. The Bertz CT molecular complexity index is 360. The van der Waals surface area contributed by atoms with Crippen LogP contribution in [0.2, 0.25) is 0 Å². The van der Waals surface area contributed by atoms with Crippen LogP contribution in [0.15, 0.2) is 0 Å². The summed E-state index contributed by atoms with van der Waals surface area (Å²) in [5, 5.41) is 11.4. The summed E-state index contributed by atoms with van der Waals surface area (Å²) < 4.78 is 25.6. The molecule has 0 aliphatic rings. The molecule has 20 heavy (non-hydrogen) atoms. The molecule has 8 heteroatoms. The maximum Gasteiger partial charge on any atom is 0.238 e. The van der Waals surface area contributed by atoms with Crippen molar-refractivity contribution in [2.24, 2.45) is 0 Å². The first-order valence-corrected chi connectivity index (χ1v) is 9.89. The fourth-order valence-corrected chi connectivity index (χ4v) is 2.82. The summed E-state index contributed by atoms with van der Waals surface area (Å²) in [6.07, 6.45) is 4.73. The van der Waals surface area contributed by atoms with Gasteiger partial charge in [-0.3, -0.25) is 4.79 Å². The first kappa shape index (κ1) is 19.7. The predicted octanol–water partition coefficient (Wildman–Crippen LogP) is 0.326. The lowest BCUT2D eigenvalue weighted by molar-refractivity contribution is -0.122. The van der Waals surface area contributed by atoms with Gasteiger partial charge in [0.1, 0.15) is 6.04 Å². The minimum absolute atomic E-state index is 0.0352. The van der Waals surface area contributed by atoms with E-state index in [2.05, 4.69) is 10.0 Å². The average molecular weight is 326 g/mol. The summed E-state index contributed by atoms with van der Waals surface area (Å²) in [6.45, 7) is 2.20. The van der Waals surface area contributed by atoms with Crippen LogP contribution in [0.25, 0.3) is 0 Å². The van der Waals surface area contributed by atoms with E-state index in [1.807, 2.05) is 6.26 Å². The van der Waals surface area contributed by atoms with E-state index in [9.17, 15) is 13.2 Å². The molecule has 0 bridgehead atoms. The minimum Gasteiger partial charge on any atom is -0.396 e. The zero-order valence-electron chi connectivity index (χ0n) is 12.2. The summed E-state index contributed by atoms with van der Waals surface area (Å²) >= 11 is 1.57. The molecule has 0 aromatic heterocycles. The Hall–Kier alpha value is -0.310. The standard InChI is InChI=1S/C12H26N2O4S2/c1-3-20(17,18)14-11(7-10-19-2)12(16)13-8-5-4-6-9-15/h11,14-15H,3-10H2,1-2H3,(H,13,16). The van der Waals surface area contributed by atoms with E-state index in [-0.39, 0.29) is 18.3 Å². The molecule has 120 valence electrons. The van der Waals surface area contributed by atoms with Gasteiger partial charge in [-0.25, -0.2) is 13.1 Å². The summed E-state index contributed by atoms with van der Waals surface area (Å²) in [4.78, 5) is 12.0. The van der Waals surface area contributed by atoms with Crippen molar-refractivity contribution in [2.45, 2.75) is 38.6 Å². The van der Waals surface area contributed by atoms with Gasteiger partial charge < -0.3 is 10.4 Å². The number of rotatable bonds is 12. The van der Waals surface area contributed by atoms with Gasteiger partial charge in [0.05, 0.1) is 5.75 Å². The van der Waals surface area contributed by atoms with Crippen LogP contribution in [0.3, 0.4) is 0 Å². The Kier molecular flexibility index (Phi) is 11.2. The first-order chi connectivity index (χ1) is 9.46. The average Bonchev–Trinajstić information content (AvgIpc) is 2.43. The van der Waals surface area contributed by atoms with Crippen molar-refractivity contribution in [3.8, 4) is 0 Å². The lowest BCUT2D eigenvalue weighted by Crippen LogP contribution is -2.47. The molecule has 0 spiro atoms. The van der Waals surface area contributed by atoms with Crippen molar-refractivity contribution in [3.63, 3.8) is 0 Å². The van der Waals surface area contributed by atoms with Crippen LogP contribution in [-0.2, 0) is 14.8 Å². The molecule has 0 fully saturated rings. The number of unbranched alkanes of at least 4 members (excludes halogenated alkanes) is 2. The smallest absolute Gasteiger partial charge is 0.238 e. The highest BCUT2D eigenvalue weighted by Crippen LogP contribution is 2.03. The van der Waals surface area contributed by atoms with Gasteiger partial charge in [-0.15, -0.1) is 0 Å². The second-order valence-electron chi connectivity index (χ2n) is 4.43. The van der Waals surface area contributed by atoms with E-state index in [1.165, 1.54) is 0 Å². The van der Waals surface area contributed by atoms with Gasteiger partial charge in [0.15, 0.2) is 0 Å². The lowest BCUT2D eigenvalue weighted by Gasteiger charge is -2.17. The van der Waals surface area contributed by atoms with E-state index in [0.29, 0.717) is 19.4 Å². The van der Waals surface area contributed by atoms with Gasteiger partial charge in [0.2, 0.25) is 15.9 Å². The van der Waals surface area contributed by atoms with E-state index in [1.54, 1.807) is 18.7 Å². The van der Waals surface area contributed by atoms with E-state index in [4.69, 9.17) is 5.11 Å². The highest BCUT2D eigenvalue weighted by Gasteiger charge is 2.22. The lowest BCUT2D eigenvalue weighted by atomic mass is 10.2. The number of carbonyl (C=O) groups excluding carboxylic acids is 1. The Labute approximate surface area is 126 Å². The molecule has 6 nitrogen and oxygen atoms in total. The molecular weight excluding hydrogens is 300 g/mol. The molecule has 0 aliphatic carbocycles. The Morgan fingerprint density at radius 1 is 1.30 bits per heavy atom. The summed E-state index contributed by atoms with van der Waals surface area (Å²) in [7, 11) is -3.39. The molecule has 1 unspecified atom stereocenters. The van der Waals surface area contributed by atoms with Crippen molar-refractivity contribution in [1.29, 1.82) is 0 Å². The molecule has 0 saturated carbocycles. The maximum atomic E-state index is 12.0. The third kappa shape index (κ3) is 9.57. The number of nitrogens with one attached hydrogen (secondary N) is 2. The normalized spacial score (nSPS) is 13.2. The topological polar surface area (TPSA) is 95.5 Å². The number of sulfonamides is 1. The third-order valence-corrected chi connectivity index (χ3v) is 4.81. The quantitative estimate of drug-likeness (QED) is 0.449. The van der Waals surface area contributed by atoms with E-state index < -0.39 is 16.1 Å². The van der Waals surface area contributed by atoms with Gasteiger partial charge in [-0.2, -0.15) is 11.8 Å². The van der Waals surface area contributed by atoms with Crippen LogP contribution < -0.4 is 10.0 Å². The van der Waals surface area contributed by atoms with Crippen LogP contribution in [-0.4, -0.2) is 56.4 Å². The number of aliphatic hydroxyl groups is 1. The van der Waals surface area contributed by atoms with Gasteiger partial charge >= 0.3 is 0 Å². The van der Waals surface area contributed by atoms with E-state index in [0.717, 1.165) is 18.6 Å². The Balaban J connectivity index is 4.27. The summed E-state index contributed by atoms with van der Waals surface area (Å²) in [5.74, 6) is 0.404. The molecule has 1 atom stereocenters. The highest BCUT2D eigenvalue weighted by molar-refractivity contribution is 7.98. The highest BCUT2D eigenvalue weighted by atomic mass is 32.2. The molecule has 3 N–H and O–H groups in total. The van der Waals surface area contributed by atoms with Crippen molar-refractivity contribution >= 4 is 27.7 Å². The molecule has 0 aromatic carbocycles. The van der Waals surface area contributed by atoms with Crippen LogP contribution in [0, 0.1) is 0 Å². The predicted molar refractivity (Wildman–Crippen MR) is 83.3 cm³/mol. The van der Waals surface area contributed by atoms with Crippen molar-refractivity contribution in [3.05, 3.63) is 0 Å². The Morgan fingerprint density at radius 2 is 2.00 bits per heavy atom. The van der Waals surface area contributed by atoms with Crippen LogP contribution in [0.5, 0.6) is 0 Å².